The Morgan fingerprint density at radius 2 is 2.08 bits per heavy atom. The molecule has 2 saturated carbocycles. The van der Waals surface area contributed by atoms with Crippen LogP contribution >= 0.6 is 0 Å². The van der Waals surface area contributed by atoms with Crippen molar-refractivity contribution >= 4 is 11.6 Å². The minimum absolute atomic E-state index is 0.0197. The number of hydrogen-bond donors (Lipinski definition) is 2. The highest BCUT2D eigenvalue weighted by molar-refractivity contribution is 5.93. The van der Waals surface area contributed by atoms with Gasteiger partial charge in [-0.2, -0.15) is 0 Å². The normalized spacial score (nSPS) is 27.8. The van der Waals surface area contributed by atoms with Crippen LogP contribution in [0.25, 0.3) is 0 Å². The zero-order chi connectivity index (χ0) is 17.8. The molecular formula is C20H30N2O3. The van der Waals surface area contributed by atoms with Gasteiger partial charge in [0.1, 0.15) is 0 Å². The molecule has 3 rings (SSSR count). The largest absolute Gasteiger partial charge is 0.376 e. The van der Waals surface area contributed by atoms with Crippen LogP contribution in [-0.4, -0.2) is 31.3 Å². The summed E-state index contributed by atoms with van der Waals surface area (Å²) in [5, 5.41) is 3.06. The first-order valence-corrected chi connectivity index (χ1v) is 9.39. The standard InChI is InChI=1S/C20H30N2O3/c1-13(2)25-9-8-24-12-14-4-3-5-17(10-14)22-20(23)18-15-6-7-16(11-15)19(18)21/h3-5,10,13,15-16,18-19H,6-9,11-12,21H2,1-2H3,(H,22,23). The number of ether oxygens (including phenoxy) is 2. The predicted molar refractivity (Wildman–Crippen MR) is 98.1 cm³/mol. The van der Waals surface area contributed by atoms with Crippen molar-refractivity contribution in [1.29, 1.82) is 0 Å². The fourth-order valence-corrected chi connectivity index (χ4v) is 4.22. The summed E-state index contributed by atoms with van der Waals surface area (Å²) >= 11 is 0. The number of rotatable bonds is 8. The summed E-state index contributed by atoms with van der Waals surface area (Å²) in [6, 6.07) is 7.86. The summed E-state index contributed by atoms with van der Waals surface area (Å²) in [6.07, 6.45) is 3.66. The van der Waals surface area contributed by atoms with E-state index in [2.05, 4.69) is 5.32 Å². The minimum atomic E-state index is -0.0353. The zero-order valence-electron chi connectivity index (χ0n) is 15.2. The van der Waals surface area contributed by atoms with E-state index in [1.807, 2.05) is 38.1 Å². The second kappa shape index (κ2) is 8.30. The van der Waals surface area contributed by atoms with Crippen molar-refractivity contribution in [2.24, 2.45) is 23.5 Å². The van der Waals surface area contributed by atoms with Crippen molar-refractivity contribution in [3.63, 3.8) is 0 Å². The van der Waals surface area contributed by atoms with Crippen LogP contribution < -0.4 is 11.1 Å². The molecule has 1 aromatic rings. The topological polar surface area (TPSA) is 73.6 Å². The molecule has 5 nitrogen and oxygen atoms in total. The first-order valence-electron chi connectivity index (χ1n) is 9.39. The van der Waals surface area contributed by atoms with Crippen LogP contribution in [-0.2, 0) is 20.9 Å². The molecule has 0 radical (unpaired) electrons. The summed E-state index contributed by atoms with van der Waals surface area (Å²) in [5.41, 5.74) is 8.13. The van der Waals surface area contributed by atoms with Gasteiger partial charge in [-0.15, -0.1) is 0 Å². The maximum Gasteiger partial charge on any atom is 0.229 e. The van der Waals surface area contributed by atoms with E-state index in [1.165, 1.54) is 6.42 Å². The van der Waals surface area contributed by atoms with Gasteiger partial charge >= 0.3 is 0 Å². The first-order chi connectivity index (χ1) is 12.0. The fraction of sp³-hybridized carbons (Fsp3) is 0.650. The molecule has 0 aliphatic heterocycles. The number of anilines is 1. The van der Waals surface area contributed by atoms with Gasteiger partial charge in [-0.3, -0.25) is 4.79 Å². The second-order valence-corrected chi connectivity index (χ2v) is 7.60. The molecule has 5 heteroatoms. The van der Waals surface area contributed by atoms with E-state index in [-0.39, 0.29) is 24.0 Å². The number of nitrogens with two attached hydrogens (primary N) is 1. The van der Waals surface area contributed by atoms with Crippen LogP contribution in [0.1, 0.15) is 38.7 Å². The van der Waals surface area contributed by atoms with Crippen LogP contribution in [0.5, 0.6) is 0 Å². The molecule has 0 spiro atoms. The quantitative estimate of drug-likeness (QED) is 0.710. The summed E-state index contributed by atoms with van der Waals surface area (Å²) in [5.74, 6) is 1.04. The molecule has 2 aliphatic carbocycles. The molecule has 0 saturated heterocycles. The van der Waals surface area contributed by atoms with Gasteiger partial charge in [0.15, 0.2) is 0 Å². The molecule has 3 N–H and O–H groups in total. The van der Waals surface area contributed by atoms with Crippen LogP contribution in [0.2, 0.25) is 0 Å². The lowest BCUT2D eigenvalue weighted by Gasteiger charge is -2.27. The van der Waals surface area contributed by atoms with Gasteiger partial charge in [0, 0.05) is 11.7 Å². The molecule has 4 atom stereocenters. The maximum absolute atomic E-state index is 12.7. The van der Waals surface area contributed by atoms with E-state index >= 15 is 0 Å². The fourth-order valence-electron chi connectivity index (χ4n) is 4.22. The van der Waals surface area contributed by atoms with Crippen LogP contribution in [0.4, 0.5) is 5.69 Å². The number of carbonyl (C=O) groups excluding carboxylic acids is 1. The lowest BCUT2D eigenvalue weighted by atomic mass is 9.84. The van der Waals surface area contributed by atoms with Gasteiger partial charge in [-0.25, -0.2) is 0 Å². The highest BCUT2D eigenvalue weighted by Gasteiger charge is 2.49. The van der Waals surface area contributed by atoms with Gasteiger partial charge in [0.2, 0.25) is 5.91 Å². The summed E-state index contributed by atoms with van der Waals surface area (Å²) < 4.78 is 11.1. The van der Waals surface area contributed by atoms with Gasteiger partial charge < -0.3 is 20.5 Å². The van der Waals surface area contributed by atoms with Crippen molar-refractivity contribution < 1.29 is 14.3 Å². The van der Waals surface area contributed by atoms with Gasteiger partial charge in [0.25, 0.3) is 0 Å². The molecule has 4 unspecified atom stereocenters. The third-order valence-corrected chi connectivity index (χ3v) is 5.43. The number of nitrogens with one attached hydrogen (secondary N) is 1. The average molecular weight is 346 g/mol. The number of fused-ring (bicyclic) bond motifs is 2. The van der Waals surface area contributed by atoms with E-state index in [1.54, 1.807) is 0 Å². The zero-order valence-corrected chi connectivity index (χ0v) is 15.2. The summed E-state index contributed by atoms with van der Waals surface area (Å²) in [6.45, 7) is 5.69. The van der Waals surface area contributed by atoms with E-state index in [4.69, 9.17) is 15.2 Å². The highest BCUT2D eigenvalue weighted by Crippen LogP contribution is 2.47. The third-order valence-electron chi connectivity index (χ3n) is 5.43. The van der Waals surface area contributed by atoms with Crippen LogP contribution in [0, 0.1) is 17.8 Å². The molecule has 25 heavy (non-hydrogen) atoms. The Hall–Kier alpha value is -1.43. The van der Waals surface area contributed by atoms with E-state index in [0.29, 0.717) is 31.7 Å². The lowest BCUT2D eigenvalue weighted by molar-refractivity contribution is -0.121. The monoisotopic (exact) mass is 346 g/mol. The molecule has 0 aromatic heterocycles. The Kier molecular flexibility index (Phi) is 6.10. The van der Waals surface area contributed by atoms with Gasteiger partial charge in [-0.1, -0.05) is 12.1 Å². The van der Waals surface area contributed by atoms with Crippen molar-refractivity contribution in [2.75, 3.05) is 18.5 Å². The molecular weight excluding hydrogens is 316 g/mol. The number of benzene rings is 1. The van der Waals surface area contributed by atoms with Crippen LogP contribution in [0.15, 0.2) is 24.3 Å². The Morgan fingerprint density at radius 3 is 2.80 bits per heavy atom. The summed E-state index contributed by atoms with van der Waals surface area (Å²) in [7, 11) is 0. The SMILES string of the molecule is CC(C)OCCOCc1cccc(NC(=O)C2C3CCC(C3)C2N)c1. The van der Waals surface area contributed by atoms with Crippen molar-refractivity contribution in [2.45, 2.75) is 51.9 Å². The molecule has 138 valence electrons. The second-order valence-electron chi connectivity index (χ2n) is 7.60. The summed E-state index contributed by atoms with van der Waals surface area (Å²) in [4.78, 5) is 12.7. The molecule has 2 aliphatic rings. The Bertz CT molecular complexity index is 588. The van der Waals surface area contributed by atoms with Gasteiger partial charge in [0.05, 0.1) is 31.8 Å². The average Bonchev–Trinajstić information content (AvgIpc) is 3.15. The number of carbonyl (C=O) groups is 1. The number of amides is 1. The third kappa shape index (κ3) is 4.60. The molecule has 2 fully saturated rings. The molecule has 1 amide bonds. The smallest absolute Gasteiger partial charge is 0.229 e. The first kappa shape index (κ1) is 18.4. The Morgan fingerprint density at radius 1 is 1.28 bits per heavy atom. The number of hydrogen-bond acceptors (Lipinski definition) is 4. The van der Waals surface area contributed by atoms with Crippen molar-refractivity contribution in [3.8, 4) is 0 Å². The van der Waals surface area contributed by atoms with E-state index in [0.717, 1.165) is 24.1 Å². The Balaban J connectivity index is 1.49. The minimum Gasteiger partial charge on any atom is -0.376 e. The molecule has 2 bridgehead atoms. The van der Waals surface area contributed by atoms with Crippen molar-refractivity contribution in [1.82, 2.24) is 0 Å². The maximum atomic E-state index is 12.7. The Labute approximate surface area is 150 Å². The van der Waals surface area contributed by atoms with Crippen LogP contribution in [0.3, 0.4) is 0 Å². The molecule has 0 heterocycles. The molecule has 1 aromatic carbocycles. The predicted octanol–water partition coefficient (Wildman–Crippen LogP) is 2.94. The van der Waals surface area contributed by atoms with Crippen molar-refractivity contribution in [3.05, 3.63) is 29.8 Å². The lowest BCUT2D eigenvalue weighted by Crippen LogP contribution is -2.42. The highest BCUT2D eigenvalue weighted by atomic mass is 16.5. The van der Waals surface area contributed by atoms with Gasteiger partial charge in [-0.05, 0) is 62.6 Å². The van der Waals surface area contributed by atoms with E-state index < -0.39 is 0 Å². The van der Waals surface area contributed by atoms with E-state index in [9.17, 15) is 4.79 Å².